The Morgan fingerprint density at radius 2 is 2.38 bits per heavy atom. The molecular weight excluding hydrogens is 178 g/mol. The minimum atomic E-state index is 0.903. The van der Waals surface area contributed by atoms with Gasteiger partial charge < -0.3 is 0 Å². The van der Waals surface area contributed by atoms with Crippen LogP contribution in [0.25, 0.3) is 10.2 Å². The quantitative estimate of drug-likeness (QED) is 0.625. The largest absolute Gasteiger partial charge is 0.241 e. The molecule has 2 heteroatoms. The molecule has 0 radical (unpaired) electrons. The number of aromatic nitrogens is 1. The fourth-order valence-electron chi connectivity index (χ4n) is 1.22. The van der Waals surface area contributed by atoms with E-state index in [2.05, 4.69) is 17.8 Å². The third-order valence-electron chi connectivity index (χ3n) is 1.90. The van der Waals surface area contributed by atoms with E-state index in [0.717, 1.165) is 17.5 Å². The van der Waals surface area contributed by atoms with E-state index in [1.807, 2.05) is 18.2 Å². The maximum atomic E-state index is 5.31. The van der Waals surface area contributed by atoms with Gasteiger partial charge in [-0.15, -0.1) is 17.8 Å². The molecule has 0 bridgehead atoms. The van der Waals surface area contributed by atoms with Crippen molar-refractivity contribution in [3.05, 3.63) is 28.8 Å². The predicted molar refractivity (Wildman–Crippen MR) is 56.9 cm³/mol. The van der Waals surface area contributed by atoms with Gasteiger partial charge in [0, 0.05) is 5.56 Å². The highest BCUT2D eigenvalue weighted by molar-refractivity contribution is 7.18. The molecular formula is C11H9NS. The van der Waals surface area contributed by atoms with Crippen molar-refractivity contribution >= 4 is 21.6 Å². The zero-order chi connectivity index (χ0) is 9.26. The smallest absolute Gasteiger partial charge is 0.0935 e. The molecule has 2 rings (SSSR count). The van der Waals surface area contributed by atoms with E-state index in [4.69, 9.17) is 6.42 Å². The molecule has 1 aromatic carbocycles. The summed E-state index contributed by atoms with van der Waals surface area (Å²) in [6.45, 7) is 2.11. The van der Waals surface area contributed by atoms with Gasteiger partial charge in [0.2, 0.25) is 0 Å². The number of nitrogens with zero attached hydrogens (tertiary/aromatic N) is 1. The van der Waals surface area contributed by atoms with E-state index in [1.54, 1.807) is 11.3 Å². The third-order valence-corrected chi connectivity index (χ3v) is 3.08. The lowest BCUT2D eigenvalue weighted by Crippen LogP contribution is -1.75. The molecule has 1 aromatic heterocycles. The van der Waals surface area contributed by atoms with E-state index in [1.165, 1.54) is 9.71 Å². The summed E-state index contributed by atoms with van der Waals surface area (Å²) in [6, 6.07) is 5.96. The molecule has 2 aromatic rings. The van der Waals surface area contributed by atoms with E-state index in [0.29, 0.717) is 0 Å². The van der Waals surface area contributed by atoms with Gasteiger partial charge in [-0.25, -0.2) is 4.98 Å². The molecule has 13 heavy (non-hydrogen) atoms. The molecule has 0 aliphatic heterocycles. The van der Waals surface area contributed by atoms with Crippen LogP contribution in [0.4, 0.5) is 0 Å². The molecule has 0 fully saturated rings. The molecule has 0 unspecified atom stereocenters. The van der Waals surface area contributed by atoms with Crippen LogP contribution in [0, 0.1) is 12.3 Å². The van der Waals surface area contributed by atoms with Crippen molar-refractivity contribution in [1.29, 1.82) is 0 Å². The number of terminal acetylenes is 1. The summed E-state index contributed by atoms with van der Waals surface area (Å²) in [5, 5.41) is 1.17. The van der Waals surface area contributed by atoms with Crippen molar-refractivity contribution in [2.24, 2.45) is 0 Å². The fourth-order valence-corrected chi connectivity index (χ4v) is 2.10. The van der Waals surface area contributed by atoms with Gasteiger partial charge >= 0.3 is 0 Å². The van der Waals surface area contributed by atoms with Gasteiger partial charge in [0.25, 0.3) is 0 Å². The van der Waals surface area contributed by atoms with Gasteiger partial charge in [0.05, 0.1) is 15.2 Å². The average Bonchev–Trinajstić information content (AvgIpc) is 2.58. The first-order valence-corrected chi connectivity index (χ1v) is 5.01. The van der Waals surface area contributed by atoms with Crippen LogP contribution in [-0.4, -0.2) is 4.98 Å². The van der Waals surface area contributed by atoms with E-state index < -0.39 is 0 Å². The van der Waals surface area contributed by atoms with Crippen molar-refractivity contribution < 1.29 is 0 Å². The Balaban J connectivity index is 2.65. The molecule has 0 spiro atoms. The second kappa shape index (κ2) is 3.20. The zero-order valence-electron chi connectivity index (χ0n) is 7.37. The normalized spacial score (nSPS) is 10.2. The molecule has 0 saturated heterocycles. The molecule has 0 amide bonds. The SMILES string of the molecule is C#Cc1ccc2sc(CC)nc2c1. The fraction of sp³-hybridized carbons (Fsp3) is 0.182. The molecule has 0 aliphatic rings. The maximum Gasteiger partial charge on any atom is 0.0935 e. The Bertz CT molecular complexity index is 476. The summed E-state index contributed by atoms with van der Waals surface area (Å²) >= 11 is 1.74. The topological polar surface area (TPSA) is 12.9 Å². The summed E-state index contributed by atoms with van der Waals surface area (Å²) in [6.07, 6.45) is 6.30. The van der Waals surface area contributed by atoms with Gasteiger partial charge in [-0.2, -0.15) is 0 Å². The van der Waals surface area contributed by atoms with Crippen LogP contribution in [0.3, 0.4) is 0 Å². The van der Waals surface area contributed by atoms with Crippen LogP contribution >= 0.6 is 11.3 Å². The Morgan fingerprint density at radius 3 is 3.08 bits per heavy atom. The molecule has 0 saturated carbocycles. The summed E-state index contributed by atoms with van der Waals surface area (Å²) in [5.41, 5.74) is 1.93. The van der Waals surface area contributed by atoms with Crippen LogP contribution in [0.15, 0.2) is 18.2 Å². The number of benzene rings is 1. The lowest BCUT2D eigenvalue weighted by molar-refractivity contribution is 1.11. The molecule has 1 nitrogen and oxygen atoms in total. The highest BCUT2D eigenvalue weighted by Crippen LogP contribution is 2.22. The molecule has 0 N–H and O–H groups in total. The standard InChI is InChI=1S/C11H9NS/c1-3-8-5-6-10-9(7-8)12-11(4-2)13-10/h1,5-7H,4H2,2H3. The van der Waals surface area contributed by atoms with Gasteiger partial charge in [0.15, 0.2) is 0 Å². The van der Waals surface area contributed by atoms with Gasteiger partial charge in [-0.3, -0.25) is 0 Å². The first-order chi connectivity index (χ1) is 6.33. The second-order valence-electron chi connectivity index (χ2n) is 2.79. The number of aryl methyl sites for hydroxylation is 1. The lowest BCUT2D eigenvalue weighted by Gasteiger charge is -1.88. The summed E-state index contributed by atoms with van der Waals surface area (Å²) < 4.78 is 1.22. The maximum absolute atomic E-state index is 5.31. The Labute approximate surface area is 81.4 Å². The molecule has 0 atom stereocenters. The molecule has 64 valence electrons. The zero-order valence-corrected chi connectivity index (χ0v) is 8.19. The average molecular weight is 187 g/mol. The first kappa shape index (κ1) is 8.28. The summed E-state index contributed by atoms with van der Waals surface area (Å²) in [5.74, 6) is 2.61. The van der Waals surface area contributed by atoms with E-state index in [9.17, 15) is 0 Å². The van der Waals surface area contributed by atoms with Gasteiger partial charge in [0.1, 0.15) is 0 Å². The van der Waals surface area contributed by atoms with Crippen molar-refractivity contribution in [1.82, 2.24) is 4.98 Å². The second-order valence-corrected chi connectivity index (χ2v) is 3.90. The summed E-state index contributed by atoms with van der Waals surface area (Å²) in [4.78, 5) is 4.46. The van der Waals surface area contributed by atoms with E-state index >= 15 is 0 Å². The van der Waals surface area contributed by atoms with Crippen LogP contribution < -0.4 is 0 Å². The van der Waals surface area contributed by atoms with Crippen molar-refractivity contribution in [3.63, 3.8) is 0 Å². The summed E-state index contributed by atoms with van der Waals surface area (Å²) in [7, 11) is 0. The van der Waals surface area contributed by atoms with Crippen LogP contribution in [0.5, 0.6) is 0 Å². The minimum absolute atomic E-state index is 0.903. The first-order valence-electron chi connectivity index (χ1n) is 4.19. The predicted octanol–water partition coefficient (Wildman–Crippen LogP) is 2.84. The number of hydrogen-bond donors (Lipinski definition) is 0. The van der Waals surface area contributed by atoms with Crippen LogP contribution in [0.1, 0.15) is 17.5 Å². The van der Waals surface area contributed by atoms with Crippen LogP contribution in [0.2, 0.25) is 0 Å². The number of thiazole rings is 1. The number of hydrogen-bond acceptors (Lipinski definition) is 2. The number of fused-ring (bicyclic) bond motifs is 1. The molecule has 1 heterocycles. The van der Waals surface area contributed by atoms with Crippen molar-refractivity contribution in [3.8, 4) is 12.3 Å². The van der Waals surface area contributed by atoms with Crippen molar-refractivity contribution in [2.45, 2.75) is 13.3 Å². The van der Waals surface area contributed by atoms with Gasteiger partial charge in [-0.1, -0.05) is 12.8 Å². The Morgan fingerprint density at radius 1 is 1.54 bits per heavy atom. The monoisotopic (exact) mass is 187 g/mol. The van der Waals surface area contributed by atoms with E-state index in [-0.39, 0.29) is 0 Å². The van der Waals surface area contributed by atoms with Crippen molar-refractivity contribution in [2.75, 3.05) is 0 Å². The third kappa shape index (κ3) is 1.43. The Hall–Kier alpha value is -1.33. The minimum Gasteiger partial charge on any atom is -0.241 e. The Kier molecular flexibility index (Phi) is 2.03. The molecule has 0 aliphatic carbocycles. The lowest BCUT2D eigenvalue weighted by atomic mass is 10.2. The van der Waals surface area contributed by atoms with Gasteiger partial charge in [-0.05, 0) is 24.6 Å². The number of rotatable bonds is 1. The van der Waals surface area contributed by atoms with Crippen LogP contribution in [-0.2, 0) is 6.42 Å². The highest BCUT2D eigenvalue weighted by Gasteiger charge is 2.01. The highest BCUT2D eigenvalue weighted by atomic mass is 32.1.